The summed E-state index contributed by atoms with van der Waals surface area (Å²) in [6.45, 7) is 2.32. The molecule has 1 N–H and O–H groups in total. The fourth-order valence-electron chi connectivity index (χ4n) is 1.94. The van der Waals surface area contributed by atoms with Crippen LogP contribution >= 0.6 is 11.3 Å². The number of nitrogens with zero attached hydrogens (tertiary/aromatic N) is 1. The molecule has 1 aromatic heterocycles. The Bertz CT molecular complexity index is 427. The van der Waals surface area contributed by atoms with Crippen molar-refractivity contribution in [1.82, 2.24) is 10.2 Å². The van der Waals surface area contributed by atoms with Crippen molar-refractivity contribution in [2.75, 3.05) is 33.4 Å². The second-order valence-corrected chi connectivity index (χ2v) is 5.47. The second kappa shape index (κ2) is 6.68. The molecule has 0 saturated carbocycles. The van der Waals surface area contributed by atoms with E-state index in [1.165, 1.54) is 11.3 Å². The lowest BCUT2D eigenvalue weighted by Gasteiger charge is -2.37. The summed E-state index contributed by atoms with van der Waals surface area (Å²) in [6.07, 6.45) is 0.812. The van der Waals surface area contributed by atoms with Crippen molar-refractivity contribution in [3.63, 3.8) is 0 Å². The maximum absolute atomic E-state index is 11.9. The Hall–Kier alpha value is -1.40. The van der Waals surface area contributed by atoms with Gasteiger partial charge < -0.3 is 15.0 Å². The highest BCUT2D eigenvalue weighted by molar-refractivity contribution is 7.12. The molecule has 2 amide bonds. The van der Waals surface area contributed by atoms with Crippen molar-refractivity contribution in [3.05, 3.63) is 22.4 Å². The van der Waals surface area contributed by atoms with Gasteiger partial charge in [-0.3, -0.25) is 9.59 Å². The molecule has 1 aliphatic heterocycles. The Kier molecular flexibility index (Phi) is 4.93. The number of likely N-dealkylation sites (tertiary alicyclic amines) is 1. The van der Waals surface area contributed by atoms with Crippen LogP contribution in [0, 0.1) is 5.92 Å². The van der Waals surface area contributed by atoms with E-state index in [-0.39, 0.29) is 17.7 Å². The first-order valence-corrected chi connectivity index (χ1v) is 7.19. The number of carbonyl (C=O) groups excluding carboxylic acids is 2. The van der Waals surface area contributed by atoms with Gasteiger partial charge in [-0.15, -0.1) is 11.3 Å². The molecule has 1 saturated heterocycles. The van der Waals surface area contributed by atoms with Gasteiger partial charge in [-0.05, 0) is 17.9 Å². The van der Waals surface area contributed by atoms with Crippen LogP contribution in [0.25, 0.3) is 0 Å². The number of carbonyl (C=O) groups is 2. The normalized spacial score (nSPS) is 15.1. The van der Waals surface area contributed by atoms with Gasteiger partial charge in [0.2, 0.25) is 5.91 Å². The smallest absolute Gasteiger partial charge is 0.263 e. The van der Waals surface area contributed by atoms with Crippen molar-refractivity contribution in [2.45, 2.75) is 6.42 Å². The predicted molar refractivity (Wildman–Crippen MR) is 73.2 cm³/mol. The lowest BCUT2D eigenvalue weighted by Crippen LogP contribution is -2.55. The van der Waals surface area contributed by atoms with Crippen molar-refractivity contribution < 1.29 is 14.3 Å². The SMILES string of the molecule is COCCCNC(=O)C1CN(C(=O)c2cccs2)C1. The van der Waals surface area contributed by atoms with Crippen LogP contribution in [0.4, 0.5) is 0 Å². The lowest BCUT2D eigenvalue weighted by atomic mass is 9.99. The highest BCUT2D eigenvalue weighted by Crippen LogP contribution is 2.21. The summed E-state index contributed by atoms with van der Waals surface area (Å²) in [5.74, 6) is -0.00350. The Morgan fingerprint density at radius 1 is 1.53 bits per heavy atom. The fraction of sp³-hybridized carbons (Fsp3) is 0.538. The van der Waals surface area contributed by atoms with Crippen LogP contribution in [0.2, 0.25) is 0 Å². The van der Waals surface area contributed by atoms with Crippen LogP contribution in [-0.4, -0.2) is 50.1 Å². The van der Waals surface area contributed by atoms with Crippen LogP contribution < -0.4 is 5.32 Å². The molecule has 0 bridgehead atoms. The number of amides is 2. The molecule has 5 nitrogen and oxygen atoms in total. The van der Waals surface area contributed by atoms with E-state index in [1.807, 2.05) is 17.5 Å². The number of nitrogens with one attached hydrogen (secondary N) is 1. The van der Waals surface area contributed by atoms with E-state index in [4.69, 9.17) is 4.74 Å². The van der Waals surface area contributed by atoms with Gasteiger partial charge in [0.25, 0.3) is 5.91 Å². The molecule has 2 heterocycles. The predicted octanol–water partition coefficient (Wildman–Crippen LogP) is 0.973. The van der Waals surface area contributed by atoms with E-state index in [0.29, 0.717) is 26.2 Å². The molecule has 104 valence electrons. The highest BCUT2D eigenvalue weighted by Gasteiger charge is 2.35. The maximum Gasteiger partial charge on any atom is 0.263 e. The van der Waals surface area contributed by atoms with Crippen LogP contribution in [0.1, 0.15) is 16.1 Å². The van der Waals surface area contributed by atoms with E-state index < -0.39 is 0 Å². The van der Waals surface area contributed by atoms with E-state index >= 15 is 0 Å². The minimum absolute atomic E-state index is 0.0263. The lowest BCUT2D eigenvalue weighted by molar-refractivity contribution is -0.129. The number of methoxy groups -OCH3 is 1. The molecule has 0 aliphatic carbocycles. The monoisotopic (exact) mass is 282 g/mol. The summed E-state index contributed by atoms with van der Waals surface area (Å²) in [5.41, 5.74) is 0. The fourth-order valence-corrected chi connectivity index (χ4v) is 2.63. The first-order valence-electron chi connectivity index (χ1n) is 6.32. The second-order valence-electron chi connectivity index (χ2n) is 4.52. The number of ether oxygens (including phenoxy) is 1. The number of hydrogen-bond acceptors (Lipinski definition) is 4. The Balaban J connectivity index is 1.68. The molecular formula is C13H18N2O3S. The van der Waals surface area contributed by atoms with Crippen molar-refractivity contribution >= 4 is 23.2 Å². The van der Waals surface area contributed by atoms with E-state index in [2.05, 4.69) is 5.32 Å². The van der Waals surface area contributed by atoms with Gasteiger partial charge in [0.1, 0.15) is 0 Å². The van der Waals surface area contributed by atoms with Gasteiger partial charge >= 0.3 is 0 Å². The first kappa shape index (κ1) is 14.0. The third kappa shape index (κ3) is 3.54. The van der Waals surface area contributed by atoms with Gasteiger partial charge in [0.15, 0.2) is 0 Å². The quantitative estimate of drug-likeness (QED) is 0.791. The largest absolute Gasteiger partial charge is 0.385 e. The van der Waals surface area contributed by atoms with Crippen molar-refractivity contribution in [1.29, 1.82) is 0 Å². The zero-order chi connectivity index (χ0) is 13.7. The number of thiophene rings is 1. The molecule has 0 radical (unpaired) electrons. The summed E-state index contributed by atoms with van der Waals surface area (Å²) < 4.78 is 4.91. The maximum atomic E-state index is 11.9. The summed E-state index contributed by atoms with van der Waals surface area (Å²) >= 11 is 1.43. The summed E-state index contributed by atoms with van der Waals surface area (Å²) in [7, 11) is 1.64. The van der Waals surface area contributed by atoms with Crippen molar-refractivity contribution in [2.24, 2.45) is 5.92 Å². The highest BCUT2D eigenvalue weighted by atomic mass is 32.1. The molecule has 0 atom stereocenters. The van der Waals surface area contributed by atoms with Gasteiger partial charge in [0, 0.05) is 33.4 Å². The molecule has 0 unspecified atom stereocenters. The van der Waals surface area contributed by atoms with Gasteiger partial charge in [-0.1, -0.05) is 6.07 Å². The standard InChI is InChI=1S/C13H18N2O3S/c1-18-6-3-5-14-12(16)10-8-15(9-10)13(17)11-4-2-7-19-11/h2,4,7,10H,3,5-6,8-9H2,1H3,(H,14,16). The van der Waals surface area contributed by atoms with Crippen molar-refractivity contribution in [3.8, 4) is 0 Å². The van der Waals surface area contributed by atoms with Gasteiger partial charge in [0.05, 0.1) is 10.8 Å². The Morgan fingerprint density at radius 3 is 2.95 bits per heavy atom. The summed E-state index contributed by atoms with van der Waals surface area (Å²) in [6, 6.07) is 3.67. The Morgan fingerprint density at radius 2 is 2.32 bits per heavy atom. The minimum atomic E-state index is -0.0635. The first-order chi connectivity index (χ1) is 9.22. The molecule has 6 heteroatoms. The number of hydrogen-bond donors (Lipinski definition) is 1. The minimum Gasteiger partial charge on any atom is -0.385 e. The van der Waals surface area contributed by atoms with Crippen LogP contribution in [-0.2, 0) is 9.53 Å². The Labute approximate surface area is 116 Å². The molecule has 1 fully saturated rings. The number of rotatable bonds is 6. The zero-order valence-corrected chi connectivity index (χ0v) is 11.7. The van der Waals surface area contributed by atoms with Gasteiger partial charge in [-0.25, -0.2) is 0 Å². The molecule has 0 spiro atoms. The topological polar surface area (TPSA) is 58.6 Å². The molecule has 1 aromatic rings. The average Bonchev–Trinajstić information content (AvgIpc) is 2.86. The zero-order valence-electron chi connectivity index (χ0n) is 10.9. The van der Waals surface area contributed by atoms with Gasteiger partial charge in [-0.2, -0.15) is 0 Å². The van der Waals surface area contributed by atoms with E-state index in [9.17, 15) is 9.59 Å². The van der Waals surface area contributed by atoms with Crippen LogP contribution in [0.15, 0.2) is 17.5 Å². The summed E-state index contributed by atoms with van der Waals surface area (Å²) in [5, 5.41) is 4.74. The molecule has 0 aromatic carbocycles. The third-order valence-corrected chi connectivity index (χ3v) is 3.95. The molecule has 2 rings (SSSR count). The van der Waals surface area contributed by atoms with E-state index in [0.717, 1.165) is 11.3 Å². The van der Waals surface area contributed by atoms with Crippen LogP contribution in [0.3, 0.4) is 0 Å². The van der Waals surface area contributed by atoms with Crippen LogP contribution in [0.5, 0.6) is 0 Å². The van der Waals surface area contributed by atoms with E-state index in [1.54, 1.807) is 12.0 Å². The average molecular weight is 282 g/mol. The third-order valence-electron chi connectivity index (χ3n) is 3.10. The molecular weight excluding hydrogens is 264 g/mol. The molecule has 1 aliphatic rings. The molecule has 19 heavy (non-hydrogen) atoms. The summed E-state index contributed by atoms with van der Waals surface area (Å²) in [4.78, 5) is 26.1.